The lowest BCUT2D eigenvalue weighted by Crippen LogP contribution is -1.83. The highest BCUT2D eigenvalue weighted by Gasteiger charge is 1.91. The molecule has 77 valence electrons. The normalized spacial score (nSPS) is 9.06. The van der Waals surface area contributed by atoms with Gasteiger partial charge in [-0.2, -0.15) is 0 Å². The first-order valence-corrected chi connectivity index (χ1v) is 5.01. The quantitative estimate of drug-likeness (QED) is 0.653. The van der Waals surface area contributed by atoms with Crippen LogP contribution in [0.1, 0.15) is 11.1 Å². The molecule has 0 spiro atoms. The highest BCUT2D eigenvalue weighted by molar-refractivity contribution is 5.44. The van der Waals surface area contributed by atoms with Gasteiger partial charge in [0, 0.05) is 17.2 Å². The monoisotopic (exact) mass is 207 g/mol. The molecule has 0 amide bonds. The fourth-order valence-electron chi connectivity index (χ4n) is 1.31. The van der Waals surface area contributed by atoms with Crippen molar-refractivity contribution in [1.29, 1.82) is 0 Å². The van der Waals surface area contributed by atoms with E-state index in [0.29, 0.717) is 5.75 Å². The fourth-order valence-corrected chi connectivity index (χ4v) is 1.31. The Labute approximate surface area is 95.7 Å². The molecule has 1 nitrogen and oxygen atoms in total. The van der Waals surface area contributed by atoms with Crippen molar-refractivity contribution < 1.29 is 4.74 Å². The summed E-state index contributed by atoms with van der Waals surface area (Å²) in [6.45, 7) is 0. The summed E-state index contributed by atoms with van der Waals surface area (Å²) < 4.78 is 5.08. The SMILES string of the molecule is COc1[c]ccc(C#Cc2ccccc2)c1. The van der Waals surface area contributed by atoms with Gasteiger partial charge in [-0.3, -0.25) is 0 Å². The van der Waals surface area contributed by atoms with E-state index < -0.39 is 0 Å². The Kier molecular flexibility index (Phi) is 3.25. The number of rotatable bonds is 1. The first kappa shape index (κ1) is 10.3. The standard InChI is InChI=1S/C15H11O/c1-16-15-9-5-8-14(12-15)11-10-13-6-3-2-4-7-13/h2-8,12H,1H3. The maximum absolute atomic E-state index is 5.08. The van der Waals surface area contributed by atoms with Crippen LogP contribution in [0.25, 0.3) is 0 Å². The van der Waals surface area contributed by atoms with Crippen LogP contribution in [0.3, 0.4) is 0 Å². The van der Waals surface area contributed by atoms with Gasteiger partial charge in [0.2, 0.25) is 0 Å². The summed E-state index contributed by atoms with van der Waals surface area (Å²) in [6.07, 6.45) is 0. The molecule has 0 bridgehead atoms. The van der Waals surface area contributed by atoms with Crippen molar-refractivity contribution in [2.75, 3.05) is 7.11 Å². The Bertz CT molecular complexity index is 518. The predicted octanol–water partition coefficient (Wildman–Crippen LogP) is 2.90. The lowest BCUT2D eigenvalue weighted by molar-refractivity contribution is 0.414. The molecule has 16 heavy (non-hydrogen) atoms. The van der Waals surface area contributed by atoms with E-state index in [-0.39, 0.29) is 0 Å². The molecule has 0 saturated heterocycles. The zero-order chi connectivity index (χ0) is 11.2. The van der Waals surface area contributed by atoms with Crippen LogP contribution >= 0.6 is 0 Å². The highest BCUT2D eigenvalue weighted by Crippen LogP contribution is 2.10. The van der Waals surface area contributed by atoms with Crippen molar-refractivity contribution in [1.82, 2.24) is 0 Å². The molecule has 0 saturated carbocycles. The fraction of sp³-hybridized carbons (Fsp3) is 0.0667. The van der Waals surface area contributed by atoms with E-state index in [4.69, 9.17) is 4.74 Å². The molecule has 1 radical (unpaired) electrons. The first-order valence-electron chi connectivity index (χ1n) is 5.01. The van der Waals surface area contributed by atoms with Crippen molar-refractivity contribution in [3.05, 3.63) is 65.7 Å². The van der Waals surface area contributed by atoms with Crippen LogP contribution in [0.2, 0.25) is 0 Å². The molecule has 2 aromatic rings. The first-order chi connectivity index (χ1) is 7.88. The summed E-state index contributed by atoms with van der Waals surface area (Å²) in [5, 5.41) is 0. The molecular weight excluding hydrogens is 196 g/mol. The smallest absolute Gasteiger partial charge is 0.128 e. The maximum atomic E-state index is 5.08. The van der Waals surface area contributed by atoms with E-state index in [9.17, 15) is 0 Å². The Morgan fingerprint density at radius 1 is 1.00 bits per heavy atom. The van der Waals surface area contributed by atoms with E-state index in [2.05, 4.69) is 17.9 Å². The van der Waals surface area contributed by atoms with Gasteiger partial charge in [0.15, 0.2) is 0 Å². The number of benzene rings is 2. The third kappa shape index (κ3) is 2.65. The van der Waals surface area contributed by atoms with Crippen molar-refractivity contribution in [3.8, 4) is 17.6 Å². The maximum Gasteiger partial charge on any atom is 0.128 e. The topological polar surface area (TPSA) is 9.23 Å². The third-order valence-corrected chi connectivity index (χ3v) is 2.12. The van der Waals surface area contributed by atoms with Gasteiger partial charge in [0.05, 0.1) is 7.11 Å². The summed E-state index contributed by atoms with van der Waals surface area (Å²) in [7, 11) is 1.63. The Morgan fingerprint density at radius 2 is 1.75 bits per heavy atom. The molecule has 2 aromatic carbocycles. The van der Waals surface area contributed by atoms with E-state index in [1.54, 1.807) is 7.11 Å². The minimum atomic E-state index is 0.708. The average molecular weight is 207 g/mol. The second-order valence-corrected chi connectivity index (χ2v) is 3.26. The van der Waals surface area contributed by atoms with Gasteiger partial charge in [0.1, 0.15) is 5.75 Å². The second-order valence-electron chi connectivity index (χ2n) is 3.26. The zero-order valence-electron chi connectivity index (χ0n) is 9.03. The lowest BCUT2D eigenvalue weighted by Gasteiger charge is -1.97. The molecule has 0 aliphatic rings. The van der Waals surface area contributed by atoms with Gasteiger partial charge in [-0.1, -0.05) is 30.0 Å². The van der Waals surface area contributed by atoms with Crippen LogP contribution in [0.5, 0.6) is 5.75 Å². The highest BCUT2D eigenvalue weighted by atomic mass is 16.5. The summed E-state index contributed by atoms with van der Waals surface area (Å²) in [5.41, 5.74) is 1.94. The summed E-state index contributed by atoms with van der Waals surface area (Å²) in [5.74, 6) is 6.89. The van der Waals surface area contributed by atoms with Crippen LogP contribution in [-0.2, 0) is 0 Å². The number of hydrogen-bond acceptors (Lipinski definition) is 1. The van der Waals surface area contributed by atoms with Crippen LogP contribution in [0.15, 0.2) is 48.5 Å². The van der Waals surface area contributed by atoms with Gasteiger partial charge in [-0.25, -0.2) is 0 Å². The summed E-state index contributed by atoms with van der Waals surface area (Å²) >= 11 is 0. The minimum absolute atomic E-state index is 0.708. The molecule has 0 fully saturated rings. The molecule has 0 aromatic heterocycles. The molecule has 0 aliphatic carbocycles. The van der Waals surface area contributed by atoms with Crippen molar-refractivity contribution in [2.24, 2.45) is 0 Å². The molecule has 0 heterocycles. The van der Waals surface area contributed by atoms with Gasteiger partial charge >= 0.3 is 0 Å². The zero-order valence-corrected chi connectivity index (χ0v) is 9.03. The van der Waals surface area contributed by atoms with Crippen molar-refractivity contribution in [3.63, 3.8) is 0 Å². The van der Waals surface area contributed by atoms with E-state index >= 15 is 0 Å². The average Bonchev–Trinajstić information content (AvgIpc) is 2.38. The van der Waals surface area contributed by atoms with Crippen LogP contribution in [0.4, 0.5) is 0 Å². The molecule has 0 aliphatic heterocycles. The number of hydrogen-bond donors (Lipinski definition) is 0. The van der Waals surface area contributed by atoms with Crippen LogP contribution in [-0.4, -0.2) is 7.11 Å². The van der Waals surface area contributed by atoms with E-state index in [0.717, 1.165) is 11.1 Å². The molecule has 0 atom stereocenters. The van der Waals surface area contributed by atoms with Gasteiger partial charge in [0.25, 0.3) is 0 Å². The number of ether oxygens (including phenoxy) is 1. The van der Waals surface area contributed by atoms with Crippen LogP contribution in [0, 0.1) is 17.9 Å². The predicted molar refractivity (Wildman–Crippen MR) is 64.3 cm³/mol. The van der Waals surface area contributed by atoms with E-state index in [1.165, 1.54) is 0 Å². The minimum Gasteiger partial charge on any atom is -0.496 e. The Morgan fingerprint density at radius 3 is 2.50 bits per heavy atom. The molecule has 1 heteroatoms. The molecule has 2 rings (SSSR count). The third-order valence-electron chi connectivity index (χ3n) is 2.12. The summed E-state index contributed by atoms with van der Waals surface area (Å²) in [4.78, 5) is 0. The van der Waals surface area contributed by atoms with Crippen molar-refractivity contribution >= 4 is 0 Å². The van der Waals surface area contributed by atoms with Gasteiger partial charge < -0.3 is 4.74 Å². The van der Waals surface area contributed by atoms with E-state index in [1.807, 2.05) is 48.5 Å². The largest absolute Gasteiger partial charge is 0.496 e. The molecule has 0 N–H and O–H groups in total. The lowest BCUT2D eigenvalue weighted by atomic mass is 10.2. The second kappa shape index (κ2) is 5.04. The van der Waals surface area contributed by atoms with Gasteiger partial charge in [-0.05, 0) is 30.3 Å². The molecular formula is C15H11O. The van der Waals surface area contributed by atoms with Crippen molar-refractivity contribution in [2.45, 2.75) is 0 Å². The summed E-state index contributed by atoms with van der Waals surface area (Å²) in [6, 6.07) is 18.5. The Balaban J connectivity index is 2.24. The van der Waals surface area contributed by atoms with Crippen LogP contribution < -0.4 is 4.74 Å². The number of methoxy groups -OCH3 is 1. The molecule has 0 unspecified atom stereocenters. The van der Waals surface area contributed by atoms with Gasteiger partial charge in [-0.15, -0.1) is 0 Å². The Hall–Kier alpha value is -2.20.